The zero-order chi connectivity index (χ0) is 16.1. The average molecular weight is 351 g/mol. The quantitative estimate of drug-likeness (QED) is 0.802. The third kappa shape index (κ3) is 4.34. The van der Waals surface area contributed by atoms with E-state index < -0.39 is 10.0 Å². The van der Waals surface area contributed by atoms with Gasteiger partial charge in [0.15, 0.2) is 0 Å². The minimum Gasteiger partial charge on any atom is -0.492 e. The first-order valence-corrected chi connectivity index (χ1v) is 10.3. The fourth-order valence-electron chi connectivity index (χ4n) is 2.85. The second-order valence-corrected chi connectivity index (χ2v) is 8.73. The molecule has 0 amide bonds. The van der Waals surface area contributed by atoms with Crippen molar-refractivity contribution in [3.05, 3.63) is 52.7 Å². The molecule has 2 aromatic rings. The summed E-state index contributed by atoms with van der Waals surface area (Å²) in [5.74, 6) is 1.24. The van der Waals surface area contributed by atoms with E-state index in [1.54, 1.807) is 15.6 Å². The van der Waals surface area contributed by atoms with E-state index in [1.165, 1.54) is 4.88 Å². The standard InChI is InChI=1S/C17H21NO3S2/c19-23(20,14-12-21-16-5-2-1-3-6-16)18-10-8-15(9-11-18)17-7-4-13-22-17/h1-7,13,15H,8-12,14H2. The lowest BCUT2D eigenvalue weighted by Gasteiger charge is -2.30. The van der Waals surface area contributed by atoms with Crippen molar-refractivity contribution in [2.75, 3.05) is 25.4 Å². The number of benzene rings is 1. The van der Waals surface area contributed by atoms with Crippen LogP contribution in [0, 0.1) is 0 Å². The van der Waals surface area contributed by atoms with Crippen LogP contribution in [-0.4, -0.2) is 38.2 Å². The Morgan fingerprint density at radius 1 is 1.09 bits per heavy atom. The van der Waals surface area contributed by atoms with Crippen molar-refractivity contribution in [2.24, 2.45) is 0 Å². The summed E-state index contributed by atoms with van der Waals surface area (Å²) in [4.78, 5) is 1.37. The molecule has 0 radical (unpaired) electrons. The van der Waals surface area contributed by atoms with Crippen LogP contribution in [0.1, 0.15) is 23.6 Å². The second kappa shape index (κ2) is 7.47. The summed E-state index contributed by atoms with van der Waals surface area (Å²) in [6, 6.07) is 13.5. The molecular formula is C17H21NO3S2. The summed E-state index contributed by atoms with van der Waals surface area (Å²) in [6.45, 7) is 1.41. The van der Waals surface area contributed by atoms with Crippen LogP contribution >= 0.6 is 11.3 Å². The van der Waals surface area contributed by atoms with Crippen LogP contribution in [0.3, 0.4) is 0 Å². The third-order valence-electron chi connectivity index (χ3n) is 4.15. The van der Waals surface area contributed by atoms with E-state index in [9.17, 15) is 8.42 Å². The second-order valence-electron chi connectivity index (χ2n) is 5.67. The highest BCUT2D eigenvalue weighted by molar-refractivity contribution is 7.89. The van der Waals surface area contributed by atoms with Gasteiger partial charge in [-0.3, -0.25) is 0 Å². The Morgan fingerprint density at radius 2 is 1.83 bits per heavy atom. The molecule has 1 fully saturated rings. The van der Waals surface area contributed by atoms with Gasteiger partial charge in [-0.05, 0) is 42.3 Å². The van der Waals surface area contributed by atoms with Crippen molar-refractivity contribution in [1.82, 2.24) is 4.31 Å². The molecule has 3 rings (SSSR count). The number of piperidine rings is 1. The van der Waals surface area contributed by atoms with Gasteiger partial charge in [-0.15, -0.1) is 11.3 Å². The van der Waals surface area contributed by atoms with Crippen LogP contribution in [0.4, 0.5) is 0 Å². The molecule has 0 spiro atoms. The predicted molar refractivity (Wildman–Crippen MR) is 93.6 cm³/mol. The minimum absolute atomic E-state index is 0.0333. The van der Waals surface area contributed by atoms with Crippen LogP contribution < -0.4 is 4.74 Å². The van der Waals surface area contributed by atoms with Gasteiger partial charge in [-0.1, -0.05) is 24.3 Å². The molecule has 6 heteroatoms. The number of nitrogens with zero attached hydrogens (tertiary/aromatic N) is 1. The van der Waals surface area contributed by atoms with E-state index in [0.29, 0.717) is 24.8 Å². The van der Waals surface area contributed by atoms with E-state index in [0.717, 1.165) is 12.8 Å². The maximum Gasteiger partial charge on any atom is 0.217 e. The largest absolute Gasteiger partial charge is 0.492 e. The maximum absolute atomic E-state index is 12.4. The van der Waals surface area contributed by atoms with Gasteiger partial charge >= 0.3 is 0 Å². The van der Waals surface area contributed by atoms with Gasteiger partial charge in [0, 0.05) is 18.0 Å². The Bertz CT molecular complexity index is 691. The molecular weight excluding hydrogens is 330 g/mol. The highest BCUT2D eigenvalue weighted by Crippen LogP contribution is 2.31. The van der Waals surface area contributed by atoms with E-state index in [2.05, 4.69) is 17.5 Å². The lowest BCUT2D eigenvalue weighted by atomic mass is 9.97. The van der Waals surface area contributed by atoms with Gasteiger partial charge in [0.05, 0.1) is 5.75 Å². The smallest absolute Gasteiger partial charge is 0.217 e. The molecule has 2 heterocycles. The fourth-order valence-corrected chi connectivity index (χ4v) is 5.07. The zero-order valence-electron chi connectivity index (χ0n) is 12.9. The molecule has 0 atom stereocenters. The normalized spacial score (nSPS) is 17.2. The molecule has 1 aliphatic heterocycles. The van der Waals surface area contributed by atoms with Crippen molar-refractivity contribution < 1.29 is 13.2 Å². The number of sulfonamides is 1. The van der Waals surface area contributed by atoms with Crippen LogP contribution in [0.5, 0.6) is 5.75 Å². The summed E-state index contributed by atoms with van der Waals surface area (Å²) in [7, 11) is -3.23. The maximum atomic E-state index is 12.4. The van der Waals surface area contributed by atoms with Crippen molar-refractivity contribution in [2.45, 2.75) is 18.8 Å². The first kappa shape index (κ1) is 16.5. The lowest BCUT2D eigenvalue weighted by molar-refractivity contribution is 0.309. The van der Waals surface area contributed by atoms with Gasteiger partial charge in [0.25, 0.3) is 0 Å². The first-order valence-electron chi connectivity index (χ1n) is 7.84. The SMILES string of the molecule is O=S(=O)(CCOc1ccccc1)N1CCC(c2cccs2)CC1. The Morgan fingerprint density at radius 3 is 2.48 bits per heavy atom. The van der Waals surface area contributed by atoms with E-state index in [1.807, 2.05) is 30.3 Å². The summed E-state index contributed by atoms with van der Waals surface area (Å²) in [6.07, 6.45) is 1.80. The molecule has 4 nitrogen and oxygen atoms in total. The van der Waals surface area contributed by atoms with Crippen LogP contribution in [0.15, 0.2) is 47.8 Å². The molecule has 1 aromatic heterocycles. The molecule has 0 bridgehead atoms. The molecule has 1 aliphatic rings. The molecule has 1 aromatic carbocycles. The summed E-state index contributed by atoms with van der Waals surface area (Å²) < 4.78 is 32.0. The lowest BCUT2D eigenvalue weighted by Crippen LogP contribution is -2.40. The monoisotopic (exact) mass is 351 g/mol. The molecule has 1 saturated heterocycles. The van der Waals surface area contributed by atoms with Gasteiger partial charge in [-0.2, -0.15) is 0 Å². The summed E-state index contributed by atoms with van der Waals surface area (Å²) >= 11 is 1.76. The van der Waals surface area contributed by atoms with Gasteiger partial charge in [-0.25, -0.2) is 12.7 Å². The van der Waals surface area contributed by atoms with Crippen molar-refractivity contribution in [1.29, 1.82) is 0 Å². The Kier molecular flexibility index (Phi) is 5.35. The van der Waals surface area contributed by atoms with Crippen LogP contribution in [-0.2, 0) is 10.0 Å². The number of para-hydroxylation sites is 1. The fraction of sp³-hybridized carbons (Fsp3) is 0.412. The zero-order valence-corrected chi connectivity index (χ0v) is 14.6. The minimum atomic E-state index is -3.23. The molecule has 124 valence electrons. The van der Waals surface area contributed by atoms with Gasteiger partial charge < -0.3 is 4.74 Å². The van der Waals surface area contributed by atoms with E-state index in [-0.39, 0.29) is 12.4 Å². The van der Waals surface area contributed by atoms with Crippen LogP contribution in [0.25, 0.3) is 0 Å². The summed E-state index contributed by atoms with van der Waals surface area (Å²) in [5, 5.41) is 2.08. The Balaban J connectivity index is 1.48. The number of thiophene rings is 1. The Hall–Kier alpha value is -1.37. The molecule has 23 heavy (non-hydrogen) atoms. The molecule has 0 N–H and O–H groups in total. The van der Waals surface area contributed by atoms with Crippen molar-refractivity contribution >= 4 is 21.4 Å². The highest BCUT2D eigenvalue weighted by Gasteiger charge is 2.28. The van der Waals surface area contributed by atoms with E-state index in [4.69, 9.17) is 4.74 Å². The van der Waals surface area contributed by atoms with Gasteiger partial charge in [0.2, 0.25) is 10.0 Å². The first-order chi connectivity index (χ1) is 11.1. The number of rotatable bonds is 6. The van der Waals surface area contributed by atoms with Gasteiger partial charge in [0.1, 0.15) is 12.4 Å². The third-order valence-corrected chi connectivity index (χ3v) is 7.02. The van der Waals surface area contributed by atoms with Crippen molar-refractivity contribution in [3.8, 4) is 5.75 Å². The highest BCUT2D eigenvalue weighted by atomic mass is 32.2. The van der Waals surface area contributed by atoms with Crippen molar-refractivity contribution in [3.63, 3.8) is 0 Å². The van der Waals surface area contributed by atoms with Crippen LogP contribution in [0.2, 0.25) is 0 Å². The topological polar surface area (TPSA) is 46.6 Å². The Labute approximate surface area is 141 Å². The predicted octanol–water partition coefficient (Wildman–Crippen LogP) is 3.34. The van der Waals surface area contributed by atoms with E-state index >= 15 is 0 Å². The number of ether oxygens (including phenoxy) is 1. The molecule has 0 aliphatic carbocycles. The number of hydrogen-bond donors (Lipinski definition) is 0. The molecule has 0 saturated carbocycles. The number of hydrogen-bond acceptors (Lipinski definition) is 4. The summed E-state index contributed by atoms with van der Waals surface area (Å²) in [5.41, 5.74) is 0. The molecule has 0 unspecified atom stereocenters. The average Bonchev–Trinajstić information content (AvgIpc) is 3.10.